The Morgan fingerprint density at radius 3 is 2.25 bits per heavy atom. The van der Waals surface area contributed by atoms with Gasteiger partial charge in [-0.2, -0.15) is 0 Å². The Morgan fingerprint density at radius 1 is 1.12 bits per heavy atom. The van der Waals surface area contributed by atoms with Gasteiger partial charge in [-0.05, 0) is 0 Å². The predicted molar refractivity (Wildman–Crippen MR) is 60.8 cm³/mol. The molecule has 0 saturated carbocycles. The summed E-state index contributed by atoms with van der Waals surface area (Å²) in [7, 11) is 0. The first kappa shape index (κ1) is 10.9. The smallest absolute Gasteiger partial charge is 0.260 e. The summed E-state index contributed by atoms with van der Waals surface area (Å²) >= 11 is 5.12. The van der Waals surface area contributed by atoms with Gasteiger partial charge in [-0.3, -0.25) is 9.59 Å². The molecule has 5 heteroatoms. The van der Waals surface area contributed by atoms with Gasteiger partial charge in [-0.15, -0.1) is 0 Å². The van der Waals surface area contributed by atoms with Crippen molar-refractivity contribution in [1.29, 1.82) is 0 Å². The number of hydrogen-bond acceptors (Lipinski definition) is 4. The van der Waals surface area contributed by atoms with Crippen LogP contribution < -0.4 is 0 Å². The van der Waals surface area contributed by atoms with Gasteiger partial charge >= 0.3 is 0 Å². The summed E-state index contributed by atoms with van der Waals surface area (Å²) in [5, 5.41) is 0. The Kier molecular flexibility index (Phi) is 3.07. The van der Waals surface area contributed by atoms with E-state index in [2.05, 4.69) is 0 Å². The number of amides is 2. The van der Waals surface area contributed by atoms with Gasteiger partial charge in [0.05, 0.1) is 0 Å². The lowest BCUT2D eigenvalue weighted by molar-refractivity contribution is -0.152. The van der Waals surface area contributed by atoms with Crippen molar-refractivity contribution in [3.05, 3.63) is 35.9 Å². The second-order valence-electron chi connectivity index (χ2n) is 3.29. The predicted octanol–water partition coefficient (Wildman–Crippen LogP) is 0.748. The van der Waals surface area contributed by atoms with Crippen molar-refractivity contribution in [3.63, 3.8) is 0 Å². The normalized spacial score (nSPS) is 16.4. The Hall–Kier alpha value is -1.59. The number of carbonyl (C=O) groups excluding carboxylic acids is 2. The summed E-state index contributed by atoms with van der Waals surface area (Å²) in [6.07, 6.45) is 0. The summed E-state index contributed by atoms with van der Waals surface area (Å²) in [5.74, 6) is -0.824. The monoisotopic (exact) mass is 235 g/mol. The first-order chi connectivity index (χ1) is 7.70. The summed E-state index contributed by atoms with van der Waals surface area (Å²) in [5.41, 5.74) is 0.682. The molecule has 0 unspecified atom stereocenters. The molecule has 0 aliphatic carbocycles. The third-order valence-electron chi connectivity index (χ3n) is 2.17. The fraction of sp³-hybridized carbons (Fsp3) is 0.182. The van der Waals surface area contributed by atoms with E-state index in [-0.39, 0.29) is 18.2 Å². The molecule has 0 aromatic heterocycles. The van der Waals surface area contributed by atoms with E-state index in [4.69, 9.17) is 17.0 Å². The van der Waals surface area contributed by atoms with Gasteiger partial charge in [0.15, 0.2) is 0 Å². The molecule has 1 fully saturated rings. The summed E-state index contributed by atoms with van der Waals surface area (Å²) in [6.45, 7) is -0.197. The van der Waals surface area contributed by atoms with Crippen molar-refractivity contribution in [1.82, 2.24) is 4.90 Å². The molecule has 1 aromatic rings. The van der Waals surface area contributed by atoms with E-state index in [0.29, 0.717) is 5.56 Å². The van der Waals surface area contributed by atoms with Crippen molar-refractivity contribution in [2.45, 2.75) is 0 Å². The molecule has 1 saturated heterocycles. The largest absolute Gasteiger partial charge is 0.362 e. The molecular formula is C11H9NO3S. The number of nitrogens with zero attached hydrogens (tertiary/aromatic N) is 1. The number of hydrogen-bond donors (Lipinski definition) is 0. The van der Waals surface area contributed by atoms with E-state index in [1.807, 2.05) is 6.07 Å². The van der Waals surface area contributed by atoms with Gasteiger partial charge in [-0.25, -0.2) is 4.90 Å². The maximum absolute atomic E-state index is 11.5. The Labute approximate surface area is 97.8 Å². The molecular weight excluding hydrogens is 226 g/mol. The van der Waals surface area contributed by atoms with Gasteiger partial charge in [0.1, 0.15) is 18.2 Å². The van der Waals surface area contributed by atoms with Crippen LogP contribution in [-0.2, 0) is 14.3 Å². The van der Waals surface area contributed by atoms with E-state index in [9.17, 15) is 9.59 Å². The molecule has 0 bridgehead atoms. The van der Waals surface area contributed by atoms with Crippen LogP contribution in [-0.4, -0.2) is 34.9 Å². The number of imide groups is 1. The number of rotatable bonds is 1. The average Bonchev–Trinajstić information content (AvgIpc) is 2.30. The molecule has 1 aliphatic heterocycles. The van der Waals surface area contributed by atoms with Gasteiger partial charge < -0.3 is 4.74 Å². The van der Waals surface area contributed by atoms with Gasteiger partial charge in [0.25, 0.3) is 11.8 Å². The fourth-order valence-electron chi connectivity index (χ4n) is 1.43. The van der Waals surface area contributed by atoms with E-state index < -0.39 is 11.8 Å². The third kappa shape index (κ3) is 2.00. The van der Waals surface area contributed by atoms with Crippen molar-refractivity contribution >= 4 is 29.0 Å². The van der Waals surface area contributed by atoms with Crippen molar-refractivity contribution in [3.8, 4) is 0 Å². The zero-order chi connectivity index (χ0) is 11.5. The fourth-order valence-corrected chi connectivity index (χ4v) is 1.77. The van der Waals surface area contributed by atoms with Crippen molar-refractivity contribution in [2.75, 3.05) is 13.2 Å². The van der Waals surface area contributed by atoms with Crippen LogP contribution in [0.5, 0.6) is 0 Å². The molecule has 82 valence electrons. The second-order valence-corrected chi connectivity index (χ2v) is 3.67. The highest BCUT2D eigenvalue weighted by atomic mass is 32.1. The molecule has 0 N–H and O–H groups in total. The number of carbonyl (C=O) groups is 2. The molecule has 2 rings (SSSR count). The van der Waals surface area contributed by atoms with E-state index >= 15 is 0 Å². The van der Waals surface area contributed by atoms with Crippen LogP contribution in [0.15, 0.2) is 30.3 Å². The van der Waals surface area contributed by atoms with Crippen LogP contribution in [0.3, 0.4) is 0 Å². The van der Waals surface area contributed by atoms with Crippen LogP contribution in [0.25, 0.3) is 0 Å². The van der Waals surface area contributed by atoms with Crippen LogP contribution in [0.2, 0.25) is 0 Å². The SMILES string of the molecule is O=C1COCC(=O)N1C(=S)c1ccccc1. The van der Waals surface area contributed by atoms with E-state index in [1.54, 1.807) is 24.3 Å². The molecule has 1 heterocycles. The minimum absolute atomic E-state index is 0.0985. The maximum atomic E-state index is 11.5. The lowest BCUT2D eigenvalue weighted by Gasteiger charge is -2.25. The first-order valence-electron chi connectivity index (χ1n) is 4.73. The van der Waals surface area contributed by atoms with Crippen LogP contribution in [0, 0.1) is 0 Å². The highest BCUT2D eigenvalue weighted by Crippen LogP contribution is 2.10. The number of morpholine rings is 1. The Balaban J connectivity index is 2.27. The van der Waals surface area contributed by atoms with Gasteiger partial charge in [0, 0.05) is 5.56 Å². The lowest BCUT2D eigenvalue weighted by Crippen LogP contribution is -2.49. The standard InChI is InChI=1S/C11H9NO3S/c13-9-6-15-7-10(14)12(9)11(16)8-4-2-1-3-5-8/h1-5H,6-7H2. The minimum atomic E-state index is -0.412. The minimum Gasteiger partial charge on any atom is -0.362 e. The highest BCUT2D eigenvalue weighted by Gasteiger charge is 2.30. The zero-order valence-electron chi connectivity index (χ0n) is 8.38. The van der Waals surface area contributed by atoms with Gasteiger partial charge in [0.2, 0.25) is 0 Å². The molecule has 1 aromatic carbocycles. The number of ether oxygens (including phenoxy) is 1. The molecule has 1 aliphatic rings. The molecule has 16 heavy (non-hydrogen) atoms. The molecule has 0 spiro atoms. The highest BCUT2D eigenvalue weighted by molar-refractivity contribution is 7.80. The zero-order valence-corrected chi connectivity index (χ0v) is 9.20. The summed E-state index contributed by atoms with van der Waals surface area (Å²) in [6, 6.07) is 8.97. The van der Waals surface area contributed by atoms with Crippen molar-refractivity contribution in [2.24, 2.45) is 0 Å². The molecule has 4 nitrogen and oxygen atoms in total. The van der Waals surface area contributed by atoms with E-state index in [0.717, 1.165) is 4.90 Å². The van der Waals surface area contributed by atoms with Gasteiger partial charge in [-0.1, -0.05) is 42.5 Å². The lowest BCUT2D eigenvalue weighted by atomic mass is 10.2. The molecule has 0 atom stereocenters. The van der Waals surface area contributed by atoms with Crippen LogP contribution in [0.4, 0.5) is 0 Å². The second kappa shape index (κ2) is 4.51. The quantitative estimate of drug-likeness (QED) is 0.532. The third-order valence-corrected chi connectivity index (χ3v) is 2.59. The maximum Gasteiger partial charge on any atom is 0.260 e. The Bertz CT molecular complexity index is 428. The molecule has 2 amide bonds. The van der Waals surface area contributed by atoms with Crippen molar-refractivity contribution < 1.29 is 14.3 Å². The Morgan fingerprint density at radius 2 is 1.69 bits per heavy atom. The first-order valence-corrected chi connectivity index (χ1v) is 5.14. The molecule has 0 radical (unpaired) electrons. The van der Waals surface area contributed by atoms with Crippen LogP contribution in [0.1, 0.15) is 5.56 Å². The number of benzene rings is 1. The van der Waals surface area contributed by atoms with E-state index in [1.165, 1.54) is 0 Å². The summed E-state index contributed by atoms with van der Waals surface area (Å²) in [4.78, 5) is 24.3. The number of thiocarbonyl (C=S) groups is 1. The van der Waals surface area contributed by atoms with Crippen LogP contribution >= 0.6 is 12.2 Å². The topological polar surface area (TPSA) is 46.6 Å². The summed E-state index contributed by atoms with van der Waals surface area (Å²) < 4.78 is 4.81. The average molecular weight is 235 g/mol.